The molecule has 3 aromatic rings. The number of halogens is 1. The predicted molar refractivity (Wildman–Crippen MR) is 99.1 cm³/mol. The SMILES string of the molecule is OCCNCCNCc1cn(Cc2ccc(F)cc2)c2ccccc12. The number of hydrogen-bond donors (Lipinski definition) is 3. The molecule has 0 saturated carbocycles. The highest BCUT2D eigenvalue weighted by molar-refractivity contribution is 5.84. The molecule has 132 valence electrons. The Morgan fingerprint density at radius 1 is 0.920 bits per heavy atom. The van der Waals surface area contributed by atoms with E-state index in [0.717, 1.165) is 31.7 Å². The Kier molecular flexibility index (Phi) is 6.17. The van der Waals surface area contributed by atoms with Crippen LogP contribution >= 0.6 is 0 Å². The number of para-hydroxylation sites is 1. The van der Waals surface area contributed by atoms with Gasteiger partial charge in [0.1, 0.15) is 5.82 Å². The molecule has 0 aliphatic rings. The summed E-state index contributed by atoms with van der Waals surface area (Å²) >= 11 is 0. The molecule has 0 aliphatic heterocycles. The average Bonchev–Trinajstić information content (AvgIpc) is 2.98. The lowest BCUT2D eigenvalue weighted by Crippen LogP contribution is -2.28. The Hall–Kier alpha value is -2.21. The van der Waals surface area contributed by atoms with Crippen molar-refractivity contribution < 1.29 is 9.50 Å². The van der Waals surface area contributed by atoms with E-state index in [-0.39, 0.29) is 12.4 Å². The van der Waals surface area contributed by atoms with Crippen molar-refractivity contribution in [2.75, 3.05) is 26.2 Å². The molecule has 0 spiro atoms. The van der Waals surface area contributed by atoms with Crippen molar-refractivity contribution in [3.63, 3.8) is 0 Å². The molecule has 1 aromatic heterocycles. The number of hydrogen-bond acceptors (Lipinski definition) is 3. The van der Waals surface area contributed by atoms with Crippen LogP contribution in [-0.2, 0) is 13.1 Å². The number of fused-ring (bicyclic) bond motifs is 1. The van der Waals surface area contributed by atoms with Crippen molar-refractivity contribution in [1.82, 2.24) is 15.2 Å². The van der Waals surface area contributed by atoms with Crippen LogP contribution in [0.1, 0.15) is 11.1 Å². The van der Waals surface area contributed by atoms with Gasteiger partial charge < -0.3 is 20.3 Å². The summed E-state index contributed by atoms with van der Waals surface area (Å²) in [6.45, 7) is 3.97. The summed E-state index contributed by atoms with van der Waals surface area (Å²) in [6, 6.07) is 15.0. The Morgan fingerprint density at radius 3 is 2.48 bits per heavy atom. The first-order valence-electron chi connectivity index (χ1n) is 8.61. The second-order valence-electron chi connectivity index (χ2n) is 6.08. The molecule has 0 fully saturated rings. The van der Waals surface area contributed by atoms with Crippen molar-refractivity contribution in [3.05, 3.63) is 71.7 Å². The van der Waals surface area contributed by atoms with Gasteiger partial charge in [0.25, 0.3) is 0 Å². The van der Waals surface area contributed by atoms with Crippen LogP contribution < -0.4 is 10.6 Å². The molecule has 2 aromatic carbocycles. The minimum absolute atomic E-state index is 0.164. The smallest absolute Gasteiger partial charge is 0.123 e. The van der Waals surface area contributed by atoms with Crippen LogP contribution in [0.4, 0.5) is 4.39 Å². The Balaban J connectivity index is 1.70. The van der Waals surface area contributed by atoms with Crippen molar-refractivity contribution in [2.45, 2.75) is 13.1 Å². The highest BCUT2D eigenvalue weighted by Crippen LogP contribution is 2.22. The normalized spacial score (nSPS) is 11.3. The van der Waals surface area contributed by atoms with Crippen LogP contribution in [-0.4, -0.2) is 35.9 Å². The van der Waals surface area contributed by atoms with Crippen molar-refractivity contribution in [3.8, 4) is 0 Å². The van der Waals surface area contributed by atoms with Crippen LogP contribution in [0.25, 0.3) is 10.9 Å². The van der Waals surface area contributed by atoms with Crippen LogP contribution in [0, 0.1) is 5.82 Å². The molecule has 5 heteroatoms. The molecule has 0 radical (unpaired) electrons. The molecule has 3 rings (SSSR count). The molecule has 0 bridgehead atoms. The predicted octanol–water partition coefficient (Wildman–Crippen LogP) is 2.50. The zero-order valence-corrected chi connectivity index (χ0v) is 14.2. The largest absolute Gasteiger partial charge is 0.395 e. The fourth-order valence-corrected chi connectivity index (χ4v) is 2.98. The molecular formula is C20H24FN3O. The Labute approximate surface area is 147 Å². The van der Waals surface area contributed by atoms with Gasteiger partial charge in [-0.05, 0) is 29.3 Å². The average molecular weight is 341 g/mol. The van der Waals surface area contributed by atoms with Gasteiger partial charge in [0.15, 0.2) is 0 Å². The van der Waals surface area contributed by atoms with Gasteiger partial charge in [-0.1, -0.05) is 30.3 Å². The summed E-state index contributed by atoms with van der Waals surface area (Å²) in [5.74, 6) is -0.208. The van der Waals surface area contributed by atoms with Gasteiger partial charge in [0.2, 0.25) is 0 Å². The Bertz CT molecular complexity index is 798. The second-order valence-corrected chi connectivity index (χ2v) is 6.08. The van der Waals surface area contributed by atoms with E-state index >= 15 is 0 Å². The Morgan fingerprint density at radius 2 is 1.68 bits per heavy atom. The summed E-state index contributed by atoms with van der Waals surface area (Å²) in [7, 11) is 0. The number of aliphatic hydroxyl groups is 1. The number of rotatable bonds is 9. The van der Waals surface area contributed by atoms with Gasteiger partial charge >= 0.3 is 0 Å². The van der Waals surface area contributed by atoms with E-state index < -0.39 is 0 Å². The summed E-state index contributed by atoms with van der Waals surface area (Å²) in [5, 5.41) is 16.6. The maximum atomic E-state index is 13.1. The van der Waals surface area contributed by atoms with Gasteiger partial charge in [-0.3, -0.25) is 0 Å². The monoisotopic (exact) mass is 341 g/mol. The topological polar surface area (TPSA) is 49.2 Å². The van der Waals surface area contributed by atoms with Crippen molar-refractivity contribution in [2.24, 2.45) is 0 Å². The summed E-state index contributed by atoms with van der Waals surface area (Å²) in [4.78, 5) is 0. The molecule has 1 heterocycles. The lowest BCUT2D eigenvalue weighted by atomic mass is 10.2. The third-order valence-corrected chi connectivity index (χ3v) is 4.22. The van der Waals surface area contributed by atoms with Gasteiger partial charge in [-0.2, -0.15) is 0 Å². The number of aliphatic hydroxyl groups excluding tert-OH is 1. The highest BCUT2D eigenvalue weighted by Gasteiger charge is 2.08. The zero-order valence-electron chi connectivity index (χ0n) is 14.2. The van der Waals surface area contributed by atoms with E-state index in [1.54, 1.807) is 0 Å². The van der Waals surface area contributed by atoms with Gasteiger partial charge in [0, 0.05) is 49.8 Å². The van der Waals surface area contributed by atoms with E-state index in [2.05, 4.69) is 39.6 Å². The quantitative estimate of drug-likeness (QED) is 0.524. The van der Waals surface area contributed by atoms with E-state index in [0.29, 0.717) is 6.54 Å². The maximum absolute atomic E-state index is 13.1. The van der Waals surface area contributed by atoms with E-state index in [4.69, 9.17) is 5.11 Å². The number of aromatic nitrogens is 1. The van der Waals surface area contributed by atoms with Crippen LogP contribution in [0.3, 0.4) is 0 Å². The summed E-state index contributed by atoms with van der Waals surface area (Å²) in [6.07, 6.45) is 2.17. The van der Waals surface area contributed by atoms with Crippen LogP contribution in [0.5, 0.6) is 0 Å². The fraction of sp³-hybridized carbons (Fsp3) is 0.300. The fourth-order valence-electron chi connectivity index (χ4n) is 2.98. The lowest BCUT2D eigenvalue weighted by Gasteiger charge is -2.05. The van der Waals surface area contributed by atoms with Crippen LogP contribution in [0.2, 0.25) is 0 Å². The first kappa shape index (κ1) is 17.6. The molecule has 0 aliphatic carbocycles. The molecule has 0 saturated heterocycles. The van der Waals surface area contributed by atoms with Gasteiger partial charge in [-0.15, -0.1) is 0 Å². The number of nitrogens with one attached hydrogen (secondary N) is 2. The first-order chi connectivity index (χ1) is 12.3. The van der Waals surface area contributed by atoms with Crippen molar-refractivity contribution >= 4 is 10.9 Å². The van der Waals surface area contributed by atoms with Gasteiger partial charge in [0.05, 0.1) is 6.61 Å². The maximum Gasteiger partial charge on any atom is 0.123 e. The first-order valence-corrected chi connectivity index (χ1v) is 8.61. The minimum Gasteiger partial charge on any atom is -0.395 e. The number of benzene rings is 2. The molecule has 0 unspecified atom stereocenters. The van der Waals surface area contributed by atoms with E-state index in [1.807, 2.05) is 18.2 Å². The molecule has 3 N–H and O–H groups in total. The zero-order chi connectivity index (χ0) is 17.5. The summed E-state index contributed by atoms with van der Waals surface area (Å²) in [5.41, 5.74) is 3.51. The van der Waals surface area contributed by atoms with E-state index in [9.17, 15) is 4.39 Å². The minimum atomic E-state index is -0.208. The van der Waals surface area contributed by atoms with Gasteiger partial charge in [-0.25, -0.2) is 4.39 Å². The molecule has 25 heavy (non-hydrogen) atoms. The molecule has 4 nitrogen and oxygen atoms in total. The van der Waals surface area contributed by atoms with E-state index in [1.165, 1.54) is 28.6 Å². The molecular weight excluding hydrogens is 317 g/mol. The third kappa shape index (κ3) is 4.66. The summed E-state index contributed by atoms with van der Waals surface area (Å²) < 4.78 is 15.3. The van der Waals surface area contributed by atoms with Crippen molar-refractivity contribution in [1.29, 1.82) is 0 Å². The molecule has 0 amide bonds. The standard InChI is InChI=1S/C20H24FN3O/c21-18-7-5-16(6-8-18)14-24-15-17(13-23-10-9-22-11-12-25)19-3-1-2-4-20(19)24/h1-8,15,22-23,25H,9-14H2. The third-order valence-electron chi connectivity index (χ3n) is 4.22. The number of nitrogens with zero attached hydrogens (tertiary/aromatic N) is 1. The second kappa shape index (κ2) is 8.76. The lowest BCUT2D eigenvalue weighted by molar-refractivity contribution is 0.292. The molecule has 0 atom stereocenters. The van der Waals surface area contributed by atoms with Crippen LogP contribution in [0.15, 0.2) is 54.7 Å². The highest BCUT2D eigenvalue weighted by atomic mass is 19.1.